The molecule has 1 rings (SSSR count). The van der Waals surface area contributed by atoms with Crippen LogP contribution in [0.5, 0.6) is 0 Å². The molecule has 0 aliphatic heterocycles. The number of amides is 1. The Morgan fingerprint density at radius 3 is 2.80 bits per heavy atom. The van der Waals surface area contributed by atoms with Crippen molar-refractivity contribution in [3.63, 3.8) is 0 Å². The molecule has 1 amide bonds. The van der Waals surface area contributed by atoms with E-state index in [1.54, 1.807) is 24.5 Å². The fraction of sp³-hybridized carbons (Fsp3) is 0.400. The molecule has 2 atom stereocenters. The molecule has 0 heterocycles. The Bertz CT molecular complexity index is 546. The zero-order chi connectivity index (χ0) is 15.0. The molecule has 2 unspecified atom stereocenters. The summed E-state index contributed by atoms with van der Waals surface area (Å²) in [7, 11) is -0.842. The van der Waals surface area contributed by atoms with Gasteiger partial charge in [0.25, 0.3) is 5.91 Å². The van der Waals surface area contributed by atoms with Crippen LogP contribution < -0.4 is 11.1 Å². The predicted molar refractivity (Wildman–Crippen MR) is 82.9 cm³/mol. The molecule has 0 aliphatic rings. The van der Waals surface area contributed by atoms with Gasteiger partial charge >= 0.3 is 0 Å². The molecule has 0 radical (unpaired) electrons. The van der Waals surface area contributed by atoms with E-state index >= 15 is 0 Å². The van der Waals surface area contributed by atoms with Gasteiger partial charge in [0.1, 0.15) is 0 Å². The lowest BCUT2D eigenvalue weighted by molar-refractivity contribution is 0.0939. The number of nitrogens with two attached hydrogens (primary N) is 1. The highest BCUT2D eigenvalue weighted by molar-refractivity contribution is 7.84. The first kappa shape index (κ1) is 16.4. The molecule has 0 saturated carbocycles. The summed E-state index contributed by atoms with van der Waals surface area (Å²) in [5.74, 6) is 6.06. The molecule has 0 aromatic heterocycles. The molecular weight excluding hydrogens is 272 g/mol. The number of benzene rings is 1. The monoisotopic (exact) mass is 292 g/mol. The highest BCUT2D eigenvalue weighted by Crippen LogP contribution is 2.08. The summed E-state index contributed by atoms with van der Waals surface area (Å²) in [5, 5.41) is 2.90. The zero-order valence-corrected chi connectivity index (χ0v) is 12.6. The number of hydrogen-bond acceptors (Lipinski definition) is 3. The van der Waals surface area contributed by atoms with E-state index in [9.17, 15) is 9.00 Å². The second-order valence-corrected chi connectivity index (χ2v) is 6.05. The first-order valence-corrected chi connectivity index (χ1v) is 8.16. The Balaban J connectivity index is 2.74. The van der Waals surface area contributed by atoms with Crippen LogP contribution in [0, 0.1) is 11.8 Å². The second-order valence-electron chi connectivity index (χ2n) is 4.49. The van der Waals surface area contributed by atoms with Crippen molar-refractivity contribution >= 4 is 16.7 Å². The highest BCUT2D eigenvalue weighted by Gasteiger charge is 2.12. The molecular formula is C15H20N2O2S. The van der Waals surface area contributed by atoms with Crippen LogP contribution in [0.25, 0.3) is 0 Å². The van der Waals surface area contributed by atoms with Gasteiger partial charge in [-0.25, -0.2) is 0 Å². The van der Waals surface area contributed by atoms with Crippen LogP contribution in [-0.4, -0.2) is 34.7 Å². The highest BCUT2D eigenvalue weighted by atomic mass is 32.2. The molecule has 108 valence electrons. The van der Waals surface area contributed by atoms with Gasteiger partial charge in [-0.3, -0.25) is 9.00 Å². The minimum Gasteiger partial charge on any atom is -0.350 e. The molecule has 20 heavy (non-hydrogen) atoms. The molecule has 1 aromatic rings. The topological polar surface area (TPSA) is 72.2 Å². The molecule has 4 nitrogen and oxygen atoms in total. The van der Waals surface area contributed by atoms with E-state index in [0.29, 0.717) is 23.3 Å². The molecule has 1 aromatic carbocycles. The van der Waals surface area contributed by atoms with Gasteiger partial charge in [-0.1, -0.05) is 24.0 Å². The van der Waals surface area contributed by atoms with Gasteiger partial charge in [-0.05, 0) is 25.5 Å². The van der Waals surface area contributed by atoms with E-state index in [1.165, 1.54) is 0 Å². The molecule has 3 N–H and O–H groups in total. The third-order valence-corrected chi connectivity index (χ3v) is 3.52. The van der Waals surface area contributed by atoms with Crippen LogP contribution in [0.3, 0.4) is 0 Å². The number of carbonyl (C=O) groups is 1. The second kappa shape index (κ2) is 8.51. The quantitative estimate of drug-likeness (QED) is 0.792. The average molecular weight is 292 g/mol. The van der Waals surface area contributed by atoms with E-state index in [2.05, 4.69) is 17.2 Å². The third-order valence-electron chi connectivity index (χ3n) is 2.71. The maximum absolute atomic E-state index is 12.2. The van der Waals surface area contributed by atoms with Crippen LogP contribution in [0.1, 0.15) is 29.3 Å². The average Bonchev–Trinajstić information content (AvgIpc) is 2.43. The Labute approximate surface area is 122 Å². The fourth-order valence-corrected chi connectivity index (χ4v) is 2.34. The van der Waals surface area contributed by atoms with Crippen molar-refractivity contribution in [2.45, 2.75) is 19.4 Å². The van der Waals surface area contributed by atoms with E-state index in [-0.39, 0.29) is 18.5 Å². The first-order chi connectivity index (χ1) is 9.54. The Kier molecular flexibility index (Phi) is 6.99. The lowest BCUT2D eigenvalue weighted by atomic mass is 10.1. The van der Waals surface area contributed by atoms with E-state index in [0.717, 1.165) is 0 Å². The third kappa shape index (κ3) is 5.55. The summed E-state index contributed by atoms with van der Waals surface area (Å²) in [4.78, 5) is 12.2. The Morgan fingerprint density at radius 2 is 2.15 bits per heavy atom. The van der Waals surface area contributed by atoms with Gasteiger partial charge in [0.2, 0.25) is 0 Å². The largest absolute Gasteiger partial charge is 0.350 e. The number of nitrogens with one attached hydrogen (secondary N) is 1. The van der Waals surface area contributed by atoms with Gasteiger partial charge in [0, 0.05) is 34.4 Å². The van der Waals surface area contributed by atoms with E-state index < -0.39 is 10.8 Å². The minimum atomic E-state index is -0.842. The van der Waals surface area contributed by atoms with E-state index in [1.807, 2.05) is 13.0 Å². The van der Waals surface area contributed by atoms with Crippen LogP contribution >= 0.6 is 0 Å². The summed E-state index contributed by atoms with van der Waals surface area (Å²) in [6.07, 6.45) is 2.34. The summed E-state index contributed by atoms with van der Waals surface area (Å²) in [6, 6.07) is 7.14. The lowest BCUT2D eigenvalue weighted by Gasteiger charge is -2.13. The smallest absolute Gasteiger partial charge is 0.252 e. The van der Waals surface area contributed by atoms with Crippen molar-refractivity contribution in [2.75, 3.05) is 18.6 Å². The zero-order valence-electron chi connectivity index (χ0n) is 11.8. The van der Waals surface area contributed by atoms with Crippen LogP contribution in [0.2, 0.25) is 0 Å². The molecule has 5 heteroatoms. The van der Waals surface area contributed by atoms with Crippen molar-refractivity contribution in [2.24, 2.45) is 5.73 Å². The van der Waals surface area contributed by atoms with Crippen molar-refractivity contribution in [3.05, 3.63) is 35.4 Å². The molecule has 0 spiro atoms. The van der Waals surface area contributed by atoms with E-state index in [4.69, 9.17) is 5.73 Å². The van der Waals surface area contributed by atoms with Crippen molar-refractivity contribution in [3.8, 4) is 11.8 Å². The minimum absolute atomic E-state index is 0.0260. The lowest BCUT2D eigenvalue weighted by Crippen LogP contribution is -2.33. The maximum atomic E-state index is 12.2. The Morgan fingerprint density at radius 1 is 1.45 bits per heavy atom. The fourth-order valence-electron chi connectivity index (χ4n) is 1.65. The summed E-state index contributed by atoms with van der Waals surface area (Å²) in [6.45, 7) is 2.16. The number of carbonyl (C=O) groups excluding carboxylic acids is 1. The maximum Gasteiger partial charge on any atom is 0.252 e. The predicted octanol–water partition coefficient (Wildman–Crippen LogP) is 0.884. The Hall–Kier alpha value is -1.64. The summed E-state index contributed by atoms with van der Waals surface area (Å²) < 4.78 is 11.0. The van der Waals surface area contributed by atoms with Crippen molar-refractivity contribution in [1.29, 1.82) is 0 Å². The van der Waals surface area contributed by atoms with Gasteiger partial charge in [0.15, 0.2) is 0 Å². The normalized spacial score (nSPS) is 12.9. The summed E-state index contributed by atoms with van der Waals surface area (Å²) in [5.41, 5.74) is 6.56. The molecule has 0 fully saturated rings. The van der Waals surface area contributed by atoms with Crippen LogP contribution in [0.15, 0.2) is 24.3 Å². The standard InChI is InChI=1S/C15H20N2O2S/c1-12(9-11-20(2)19)17-15(18)14-8-4-3-6-13(14)7-5-10-16/h3-4,6,8,12H,9-11,16H2,1-2H3,(H,17,18). The summed E-state index contributed by atoms with van der Waals surface area (Å²) >= 11 is 0. The van der Waals surface area contributed by atoms with Crippen molar-refractivity contribution < 1.29 is 9.00 Å². The van der Waals surface area contributed by atoms with Gasteiger partial charge < -0.3 is 11.1 Å². The molecule has 0 saturated heterocycles. The molecule has 0 bridgehead atoms. The first-order valence-electron chi connectivity index (χ1n) is 6.43. The van der Waals surface area contributed by atoms with Crippen molar-refractivity contribution in [1.82, 2.24) is 5.32 Å². The number of rotatable bonds is 5. The number of hydrogen-bond donors (Lipinski definition) is 2. The SMILES string of the molecule is CC(CCS(C)=O)NC(=O)c1ccccc1C#CCN. The van der Waals surface area contributed by atoms with Gasteiger partial charge in [-0.15, -0.1) is 0 Å². The molecule has 0 aliphatic carbocycles. The van der Waals surface area contributed by atoms with Crippen LogP contribution in [-0.2, 0) is 10.8 Å². The van der Waals surface area contributed by atoms with Gasteiger partial charge in [0.05, 0.1) is 12.1 Å². The van der Waals surface area contributed by atoms with Crippen LogP contribution in [0.4, 0.5) is 0 Å². The van der Waals surface area contributed by atoms with Gasteiger partial charge in [-0.2, -0.15) is 0 Å².